The van der Waals surface area contributed by atoms with Gasteiger partial charge in [-0.2, -0.15) is 0 Å². The summed E-state index contributed by atoms with van der Waals surface area (Å²) in [5.41, 5.74) is 1.20. The van der Waals surface area contributed by atoms with Gasteiger partial charge in [-0.25, -0.2) is 0 Å². The molecule has 0 radical (unpaired) electrons. The smallest absolute Gasteiger partial charge is 0.230 e. The van der Waals surface area contributed by atoms with Crippen molar-refractivity contribution in [3.05, 3.63) is 58.1 Å². The van der Waals surface area contributed by atoms with Crippen molar-refractivity contribution in [3.8, 4) is 5.75 Å². The third-order valence-electron chi connectivity index (χ3n) is 3.80. The summed E-state index contributed by atoms with van der Waals surface area (Å²) in [5, 5.41) is 4.19. The van der Waals surface area contributed by atoms with E-state index in [0.29, 0.717) is 34.9 Å². The molecule has 0 aliphatic carbocycles. The number of hydrogen-bond acceptors (Lipinski definition) is 3. The Balaban J connectivity index is 1.46. The summed E-state index contributed by atoms with van der Waals surface area (Å²) in [6, 6.07) is 13.3. The fraction of sp³-hybridized carbons (Fsp3) is 0.278. The van der Waals surface area contributed by atoms with Gasteiger partial charge in [0.25, 0.3) is 0 Å². The van der Waals surface area contributed by atoms with Gasteiger partial charge in [0.2, 0.25) is 5.91 Å². The SMILES string of the molecule is O=C(CSc1cc(Cl)ccc1Cl)NCC1COc2ccccc2C1. The molecule has 6 heteroatoms. The predicted octanol–water partition coefficient (Wildman–Crippen LogP) is 4.45. The first-order chi connectivity index (χ1) is 11.6. The number of ether oxygens (including phenoxy) is 1. The zero-order chi connectivity index (χ0) is 16.9. The van der Waals surface area contributed by atoms with E-state index >= 15 is 0 Å². The average Bonchev–Trinajstić information content (AvgIpc) is 2.60. The Morgan fingerprint density at radius 2 is 2.08 bits per heavy atom. The molecule has 1 amide bonds. The van der Waals surface area contributed by atoms with Crippen LogP contribution in [0.25, 0.3) is 0 Å². The molecule has 2 aromatic rings. The number of benzene rings is 2. The van der Waals surface area contributed by atoms with Gasteiger partial charge in [-0.3, -0.25) is 4.79 Å². The molecule has 1 unspecified atom stereocenters. The summed E-state index contributed by atoms with van der Waals surface area (Å²) in [4.78, 5) is 12.9. The Labute approximate surface area is 155 Å². The number of carbonyl (C=O) groups is 1. The maximum absolute atomic E-state index is 12.1. The van der Waals surface area contributed by atoms with E-state index in [1.165, 1.54) is 17.3 Å². The van der Waals surface area contributed by atoms with E-state index in [1.54, 1.807) is 18.2 Å². The summed E-state index contributed by atoms with van der Waals surface area (Å²) in [5.74, 6) is 1.54. The highest BCUT2D eigenvalue weighted by atomic mass is 35.5. The third kappa shape index (κ3) is 4.59. The van der Waals surface area contributed by atoms with Crippen molar-refractivity contribution in [2.24, 2.45) is 5.92 Å². The topological polar surface area (TPSA) is 38.3 Å². The Hall–Kier alpha value is -1.36. The van der Waals surface area contributed by atoms with Crippen LogP contribution in [0.5, 0.6) is 5.75 Å². The summed E-state index contributed by atoms with van der Waals surface area (Å²) in [7, 11) is 0. The molecule has 126 valence electrons. The van der Waals surface area contributed by atoms with Crippen molar-refractivity contribution >= 4 is 40.9 Å². The van der Waals surface area contributed by atoms with Crippen LogP contribution in [-0.2, 0) is 11.2 Å². The number of halogens is 2. The lowest BCUT2D eigenvalue weighted by Crippen LogP contribution is -2.35. The molecule has 0 fully saturated rings. The van der Waals surface area contributed by atoms with Crippen molar-refractivity contribution in [1.29, 1.82) is 0 Å². The second-order valence-corrected chi connectivity index (χ2v) is 7.52. The molecule has 2 aromatic carbocycles. The van der Waals surface area contributed by atoms with E-state index in [1.807, 2.05) is 18.2 Å². The van der Waals surface area contributed by atoms with E-state index < -0.39 is 0 Å². The normalized spacial score (nSPS) is 16.2. The quantitative estimate of drug-likeness (QED) is 0.777. The fourth-order valence-corrected chi connectivity index (χ4v) is 3.89. The van der Waals surface area contributed by atoms with Crippen LogP contribution in [0.3, 0.4) is 0 Å². The van der Waals surface area contributed by atoms with E-state index in [9.17, 15) is 4.79 Å². The molecule has 0 bridgehead atoms. The van der Waals surface area contributed by atoms with Crippen molar-refractivity contribution < 1.29 is 9.53 Å². The van der Waals surface area contributed by atoms with Crippen LogP contribution in [-0.4, -0.2) is 24.8 Å². The fourth-order valence-electron chi connectivity index (χ4n) is 2.56. The summed E-state index contributed by atoms with van der Waals surface area (Å²) >= 11 is 13.4. The largest absolute Gasteiger partial charge is 0.493 e. The predicted molar refractivity (Wildman–Crippen MR) is 99.3 cm³/mol. The molecule has 0 aromatic heterocycles. The Bertz CT molecular complexity index is 739. The molecule has 1 aliphatic rings. The van der Waals surface area contributed by atoms with Gasteiger partial charge in [0.05, 0.1) is 17.4 Å². The molecule has 1 heterocycles. The van der Waals surface area contributed by atoms with E-state index in [2.05, 4.69) is 11.4 Å². The van der Waals surface area contributed by atoms with Gasteiger partial charge in [0, 0.05) is 22.4 Å². The molecule has 3 rings (SSSR count). The summed E-state index contributed by atoms with van der Waals surface area (Å²) in [6.45, 7) is 1.24. The first-order valence-corrected chi connectivity index (χ1v) is 9.41. The molecule has 24 heavy (non-hydrogen) atoms. The standard InChI is InChI=1S/C18H17Cl2NO2S/c19-14-5-6-15(20)17(8-14)24-11-18(22)21-9-12-7-13-3-1-2-4-16(13)23-10-12/h1-6,8,12H,7,9-11H2,(H,21,22). The highest BCUT2D eigenvalue weighted by Gasteiger charge is 2.20. The Morgan fingerprint density at radius 1 is 1.25 bits per heavy atom. The molecule has 1 atom stereocenters. The second kappa shape index (κ2) is 8.15. The highest BCUT2D eigenvalue weighted by molar-refractivity contribution is 8.00. The van der Waals surface area contributed by atoms with E-state index in [4.69, 9.17) is 27.9 Å². The van der Waals surface area contributed by atoms with Gasteiger partial charge in [-0.15, -0.1) is 11.8 Å². The minimum atomic E-state index is -0.0186. The van der Waals surface area contributed by atoms with Crippen LogP contribution in [0.4, 0.5) is 0 Å². The van der Waals surface area contributed by atoms with E-state index in [0.717, 1.165) is 17.1 Å². The zero-order valence-corrected chi connectivity index (χ0v) is 15.3. The third-order valence-corrected chi connectivity index (χ3v) is 5.53. The number of amides is 1. The maximum atomic E-state index is 12.1. The minimum absolute atomic E-state index is 0.0186. The van der Waals surface area contributed by atoms with Gasteiger partial charge in [-0.05, 0) is 36.2 Å². The van der Waals surface area contributed by atoms with Crippen molar-refractivity contribution in [3.63, 3.8) is 0 Å². The number of rotatable bonds is 5. The summed E-state index contributed by atoms with van der Waals surface area (Å²) < 4.78 is 5.74. The number of carbonyl (C=O) groups excluding carboxylic acids is 1. The first-order valence-electron chi connectivity index (χ1n) is 7.67. The lowest BCUT2D eigenvalue weighted by atomic mass is 9.97. The van der Waals surface area contributed by atoms with Crippen LogP contribution in [0.1, 0.15) is 5.56 Å². The zero-order valence-electron chi connectivity index (χ0n) is 12.9. The van der Waals surface area contributed by atoms with Gasteiger partial charge in [-0.1, -0.05) is 41.4 Å². The van der Waals surface area contributed by atoms with Crippen molar-refractivity contribution in [1.82, 2.24) is 5.32 Å². The summed E-state index contributed by atoms with van der Waals surface area (Å²) in [6.07, 6.45) is 0.920. The molecule has 1 aliphatic heterocycles. The van der Waals surface area contributed by atoms with Crippen molar-refractivity contribution in [2.45, 2.75) is 11.3 Å². The molecule has 0 saturated carbocycles. The first kappa shape index (κ1) is 17.5. The van der Waals surface area contributed by atoms with Gasteiger partial charge in [0.1, 0.15) is 5.75 Å². The lowest BCUT2D eigenvalue weighted by Gasteiger charge is -2.25. The van der Waals surface area contributed by atoms with Gasteiger partial charge >= 0.3 is 0 Å². The molecule has 3 nitrogen and oxygen atoms in total. The maximum Gasteiger partial charge on any atom is 0.230 e. The Kier molecular flexibility index (Phi) is 5.93. The molecule has 1 N–H and O–H groups in total. The molecule has 0 spiro atoms. The Morgan fingerprint density at radius 3 is 2.96 bits per heavy atom. The highest BCUT2D eigenvalue weighted by Crippen LogP contribution is 2.30. The van der Waals surface area contributed by atoms with Crippen LogP contribution < -0.4 is 10.1 Å². The number of nitrogens with one attached hydrogen (secondary N) is 1. The lowest BCUT2D eigenvalue weighted by molar-refractivity contribution is -0.118. The molecular weight excluding hydrogens is 365 g/mol. The van der Waals surface area contributed by atoms with Crippen LogP contribution in [0.2, 0.25) is 10.0 Å². The number of para-hydroxylation sites is 1. The monoisotopic (exact) mass is 381 g/mol. The number of hydrogen-bond donors (Lipinski definition) is 1. The van der Waals surface area contributed by atoms with Gasteiger partial charge < -0.3 is 10.1 Å². The minimum Gasteiger partial charge on any atom is -0.493 e. The second-order valence-electron chi connectivity index (χ2n) is 5.66. The van der Waals surface area contributed by atoms with Crippen LogP contribution in [0, 0.1) is 5.92 Å². The number of thioether (sulfide) groups is 1. The molecular formula is C18H17Cl2NO2S. The van der Waals surface area contributed by atoms with Crippen LogP contribution >= 0.6 is 35.0 Å². The number of fused-ring (bicyclic) bond motifs is 1. The van der Waals surface area contributed by atoms with Crippen LogP contribution in [0.15, 0.2) is 47.4 Å². The van der Waals surface area contributed by atoms with Crippen molar-refractivity contribution in [2.75, 3.05) is 18.9 Å². The average molecular weight is 382 g/mol. The molecule has 0 saturated heterocycles. The van der Waals surface area contributed by atoms with Gasteiger partial charge in [0.15, 0.2) is 0 Å². The van der Waals surface area contributed by atoms with E-state index in [-0.39, 0.29) is 5.91 Å².